The Kier molecular flexibility index (Phi) is 5.03. The summed E-state index contributed by atoms with van der Waals surface area (Å²) in [6.45, 7) is 6.05. The van der Waals surface area contributed by atoms with Gasteiger partial charge in [0.2, 0.25) is 5.91 Å². The molecule has 1 aromatic heterocycles. The van der Waals surface area contributed by atoms with Crippen molar-refractivity contribution in [2.75, 3.05) is 5.32 Å². The molecule has 0 fully saturated rings. The van der Waals surface area contributed by atoms with E-state index in [1.807, 2.05) is 31.2 Å². The van der Waals surface area contributed by atoms with Gasteiger partial charge in [0.05, 0.1) is 5.69 Å². The summed E-state index contributed by atoms with van der Waals surface area (Å²) in [7, 11) is 1.77. The van der Waals surface area contributed by atoms with E-state index < -0.39 is 0 Å². The number of benzene rings is 1. The third-order valence-corrected chi connectivity index (χ3v) is 3.89. The molecule has 0 aliphatic carbocycles. The summed E-state index contributed by atoms with van der Waals surface area (Å²) < 4.78 is 1.59. The van der Waals surface area contributed by atoms with Gasteiger partial charge in [-0.3, -0.25) is 9.48 Å². The van der Waals surface area contributed by atoms with E-state index in [1.54, 1.807) is 17.8 Å². The van der Waals surface area contributed by atoms with Crippen molar-refractivity contribution in [3.05, 3.63) is 52.3 Å². The highest BCUT2D eigenvalue weighted by molar-refractivity contribution is 6.31. The van der Waals surface area contributed by atoms with Crippen LogP contribution >= 0.6 is 11.6 Å². The molecule has 1 amide bonds. The first-order valence-electron chi connectivity index (χ1n) is 7.17. The molecule has 1 N–H and O–H groups in total. The zero-order valence-corrected chi connectivity index (χ0v) is 14.0. The Morgan fingerprint density at radius 2 is 2.05 bits per heavy atom. The molecule has 5 heteroatoms. The number of aryl methyl sites for hydroxylation is 2. The summed E-state index contributed by atoms with van der Waals surface area (Å²) in [6, 6.07) is 7.81. The quantitative estimate of drug-likeness (QED) is 0.861. The van der Waals surface area contributed by atoms with Crippen molar-refractivity contribution >= 4 is 29.3 Å². The molecule has 4 nitrogen and oxygen atoms in total. The van der Waals surface area contributed by atoms with Crippen LogP contribution in [0.25, 0.3) is 6.08 Å². The minimum Gasteiger partial charge on any atom is -0.322 e. The number of amides is 1. The Morgan fingerprint density at radius 3 is 2.64 bits per heavy atom. The van der Waals surface area contributed by atoms with Gasteiger partial charge >= 0.3 is 0 Å². The maximum absolute atomic E-state index is 12.1. The Morgan fingerprint density at radius 1 is 1.36 bits per heavy atom. The van der Waals surface area contributed by atoms with Crippen LogP contribution in [0.3, 0.4) is 0 Å². The Balaban J connectivity index is 2.15. The molecule has 0 aliphatic heterocycles. The number of para-hydroxylation sites is 1. The van der Waals surface area contributed by atoms with Gasteiger partial charge in [0.25, 0.3) is 0 Å². The molecule has 0 spiro atoms. The van der Waals surface area contributed by atoms with Crippen molar-refractivity contribution in [2.24, 2.45) is 7.05 Å². The van der Waals surface area contributed by atoms with Crippen LogP contribution < -0.4 is 5.32 Å². The van der Waals surface area contributed by atoms with Gasteiger partial charge in [-0.05, 0) is 30.5 Å². The second-order valence-electron chi connectivity index (χ2n) is 5.48. The maximum atomic E-state index is 12.1. The predicted octanol–water partition coefficient (Wildman–Crippen LogP) is 4.16. The summed E-state index contributed by atoms with van der Waals surface area (Å²) in [6.07, 6.45) is 3.17. The van der Waals surface area contributed by atoms with Crippen molar-refractivity contribution < 1.29 is 4.79 Å². The van der Waals surface area contributed by atoms with Crippen LogP contribution in [0.1, 0.15) is 36.6 Å². The maximum Gasteiger partial charge on any atom is 0.248 e. The van der Waals surface area contributed by atoms with Gasteiger partial charge in [-0.1, -0.05) is 43.6 Å². The number of rotatable bonds is 4. The van der Waals surface area contributed by atoms with Gasteiger partial charge in [0.1, 0.15) is 5.15 Å². The number of halogens is 1. The van der Waals surface area contributed by atoms with E-state index in [0.29, 0.717) is 11.1 Å². The third kappa shape index (κ3) is 3.57. The fourth-order valence-electron chi connectivity index (χ4n) is 2.28. The van der Waals surface area contributed by atoms with E-state index in [2.05, 4.69) is 24.3 Å². The SMILES string of the molecule is Cc1nn(C)c(Cl)c1/C=C/C(=O)Nc1ccccc1C(C)C. The lowest BCUT2D eigenvalue weighted by atomic mass is 10.0. The van der Waals surface area contributed by atoms with Crippen LogP contribution in [0.2, 0.25) is 5.15 Å². The number of anilines is 1. The lowest BCUT2D eigenvalue weighted by Gasteiger charge is -2.12. The molecular weight excluding hydrogens is 298 g/mol. The first-order chi connectivity index (χ1) is 10.4. The highest BCUT2D eigenvalue weighted by Crippen LogP contribution is 2.24. The lowest BCUT2D eigenvalue weighted by molar-refractivity contribution is -0.111. The standard InChI is InChI=1S/C17H20ClN3O/c1-11(2)13-7-5-6-8-15(13)19-16(22)10-9-14-12(3)20-21(4)17(14)18/h5-11H,1-4H3,(H,19,22)/b10-9+. The minimum absolute atomic E-state index is 0.188. The number of nitrogens with zero attached hydrogens (tertiary/aromatic N) is 2. The average molecular weight is 318 g/mol. The number of nitrogens with one attached hydrogen (secondary N) is 1. The average Bonchev–Trinajstić information content (AvgIpc) is 2.70. The van der Waals surface area contributed by atoms with Crippen LogP contribution in [0.4, 0.5) is 5.69 Å². The Bertz CT molecular complexity index is 717. The zero-order valence-electron chi connectivity index (χ0n) is 13.2. The Labute approximate surface area is 135 Å². The van der Waals surface area contributed by atoms with Crippen molar-refractivity contribution in [1.82, 2.24) is 9.78 Å². The molecule has 0 saturated carbocycles. The van der Waals surface area contributed by atoms with E-state index in [9.17, 15) is 4.79 Å². The number of hydrogen-bond acceptors (Lipinski definition) is 2. The fraction of sp³-hybridized carbons (Fsp3) is 0.294. The second kappa shape index (κ2) is 6.79. The highest BCUT2D eigenvalue weighted by atomic mass is 35.5. The van der Waals surface area contributed by atoms with Gasteiger partial charge in [-0.2, -0.15) is 5.10 Å². The molecule has 0 atom stereocenters. The number of hydrogen-bond donors (Lipinski definition) is 1. The van der Waals surface area contributed by atoms with E-state index >= 15 is 0 Å². The van der Waals surface area contributed by atoms with Crippen molar-refractivity contribution in [3.8, 4) is 0 Å². The molecule has 116 valence electrons. The molecule has 2 aromatic rings. The summed E-state index contributed by atoms with van der Waals surface area (Å²) in [5.74, 6) is 0.155. The van der Waals surface area contributed by atoms with Crippen LogP contribution in [0.15, 0.2) is 30.3 Å². The summed E-state index contributed by atoms with van der Waals surface area (Å²) in [5.41, 5.74) is 3.50. The largest absolute Gasteiger partial charge is 0.322 e. The molecule has 1 heterocycles. The molecular formula is C17H20ClN3O. The summed E-state index contributed by atoms with van der Waals surface area (Å²) >= 11 is 6.14. The van der Waals surface area contributed by atoms with E-state index in [0.717, 1.165) is 22.5 Å². The van der Waals surface area contributed by atoms with Crippen LogP contribution in [0.5, 0.6) is 0 Å². The topological polar surface area (TPSA) is 46.9 Å². The summed E-state index contributed by atoms with van der Waals surface area (Å²) in [5, 5.41) is 7.64. The number of carbonyl (C=O) groups is 1. The molecule has 0 bridgehead atoms. The molecule has 0 unspecified atom stereocenters. The first kappa shape index (κ1) is 16.3. The van der Waals surface area contributed by atoms with Gasteiger partial charge < -0.3 is 5.32 Å². The van der Waals surface area contributed by atoms with Gasteiger partial charge in [-0.15, -0.1) is 0 Å². The van der Waals surface area contributed by atoms with E-state index in [4.69, 9.17) is 11.6 Å². The molecule has 0 radical (unpaired) electrons. The molecule has 0 saturated heterocycles. The van der Waals surface area contributed by atoms with Crippen molar-refractivity contribution in [1.29, 1.82) is 0 Å². The molecule has 1 aromatic carbocycles. The molecule has 0 aliphatic rings. The minimum atomic E-state index is -0.188. The van der Waals surface area contributed by atoms with Crippen LogP contribution in [-0.4, -0.2) is 15.7 Å². The van der Waals surface area contributed by atoms with Gasteiger partial charge in [-0.25, -0.2) is 0 Å². The van der Waals surface area contributed by atoms with Crippen LogP contribution in [-0.2, 0) is 11.8 Å². The summed E-state index contributed by atoms with van der Waals surface area (Å²) in [4.78, 5) is 12.1. The normalized spacial score (nSPS) is 11.4. The monoisotopic (exact) mass is 317 g/mol. The fourth-order valence-corrected chi connectivity index (χ4v) is 2.52. The van der Waals surface area contributed by atoms with E-state index in [-0.39, 0.29) is 5.91 Å². The van der Waals surface area contributed by atoms with Gasteiger partial charge in [0, 0.05) is 24.4 Å². The predicted molar refractivity (Wildman–Crippen MR) is 91.1 cm³/mol. The molecule has 2 rings (SSSR count). The Hall–Kier alpha value is -2.07. The second-order valence-corrected chi connectivity index (χ2v) is 5.84. The van der Waals surface area contributed by atoms with E-state index in [1.165, 1.54) is 6.08 Å². The smallest absolute Gasteiger partial charge is 0.248 e. The number of carbonyl (C=O) groups excluding carboxylic acids is 1. The molecule has 22 heavy (non-hydrogen) atoms. The third-order valence-electron chi connectivity index (χ3n) is 3.44. The lowest BCUT2D eigenvalue weighted by Crippen LogP contribution is -2.10. The highest BCUT2D eigenvalue weighted by Gasteiger charge is 2.10. The zero-order chi connectivity index (χ0) is 16.3. The van der Waals surface area contributed by atoms with Crippen molar-refractivity contribution in [2.45, 2.75) is 26.7 Å². The van der Waals surface area contributed by atoms with Crippen LogP contribution in [0, 0.1) is 6.92 Å². The first-order valence-corrected chi connectivity index (χ1v) is 7.55. The number of aromatic nitrogens is 2. The van der Waals surface area contributed by atoms with Gasteiger partial charge in [0.15, 0.2) is 0 Å². The van der Waals surface area contributed by atoms with Crippen molar-refractivity contribution in [3.63, 3.8) is 0 Å².